The standard InChI is InChI=1S/C23H28N2O2/c1-16-8-5-10-19(14-16)23(12-7-13-23)22(27)25(4)15-21(26)24-20-11-6-9-17(2)18(20)3/h5-6,8-11,14H,7,12-13,15H2,1-4H3,(H,24,26). The van der Waals surface area contributed by atoms with Crippen LogP contribution in [0, 0.1) is 20.8 Å². The van der Waals surface area contributed by atoms with Crippen LogP contribution in [0.2, 0.25) is 0 Å². The van der Waals surface area contributed by atoms with Crippen molar-refractivity contribution in [2.24, 2.45) is 0 Å². The fourth-order valence-electron chi connectivity index (χ4n) is 3.83. The first kappa shape index (κ1) is 19.2. The largest absolute Gasteiger partial charge is 0.336 e. The van der Waals surface area contributed by atoms with E-state index in [4.69, 9.17) is 0 Å². The lowest BCUT2D eigenvalue weighted by Crippen LogP contribution is -2.51. The van der Waals surface area contributed by atoms with Crippen molar-refractivity contribution in [1.29, 1.82) is 0 Å². The quantitative estimate of drug-likeness (QED) is 0.867. The summed E-state index contributed by atoms with van der Waals surface area (Å²) in [5.41, 5.74) is 4.74. The summed E-state index contributed by atoms with van der Waals surface area (Å²) in [6.07, 6.45) is 2.73. The van der Waals surface area contributed by atoms with Crippen molar-refractivity contribution in [3.8, 4) is 0 Å². The Balaban J connectivity index is 1.71. The molecule has 4 nitrogen and oxygen atoms in total. The molecule has 3 rings (SSSR count). The number of aryl methyl sites for hydroxylation is 2. The molecule has 1 aliphatic carbocycles. The summed E-state index contributed by atoms with van der Waals surface area (Å²) in [6, 6.07) is 14.0. The number of nitrogens with zero attached hydrogens (tertiary/aromatic N) is 1. The zero-order valence-corrected chi connectivity index (χ0v) is 16.6. The van der Waals surface area contributed by atoms with Gasteiger partial charge in [-0.15, -0.1) is 0 Å². The van der Waals surface area contributed by atoms with Gasteiger partial charge in [-0.3, -0.25) is 9.59 Å². The highest BCUT2D eigenvalue weighted by molar-refractivity contribution is 5.97. The number of hydrogen-bond acceptors (Lipinski definition) is 2. The molecule has 2 aromatic carbocycles. The molecular weight excluding hydrogens is 336 g/mol. The number of amides is 2. The van der Waals surface area contributed by atoms with Crippen LogP contribution in [0.15, 0.2) is 42.5 Å². The summed E-state index contributed by atoms with van der Waals surface area (Å²) in [5.74, 6) is -0.131. The van der Waals surface area contributed by atoms with Gasteiger partial charge >= 0.3 is 0 Å². The second-order valence-electron chi connectivity index (χ2n) is 7.76. The van der Waals surface area contributed by atoms with Crippen LogP contribution in [0.1, 0.15) is 41.5 Å². The third kappa shape index (κ3) is 3.75. The van der Waals surface area contributed by atoms with Gasteiger partial charge in [-0.1, -0.05) is 48.4 Å². The number of benzene rings is 2. The molecule has 27 heavy (non-hydrogen) atoms. The van der Waals surface area contributed by atoms with Gasteiger partial charge in [0.05, 0.1) is 12.0 Å². The highest BCUT2D eigenvalue weighted by Gasteiger charge is 2.47. The van der Waals surface area contributed by atoms with Crippen molar-refractivity contribution >= 4 is 17.5 Å². The molecule has 142 valence electrons. The van der Waals surface area contributed by atoms with Gasteiger partial charge < -0.3 is 10.2 Å². The van der Waals surface area contributed by atoms with E-state index < -0.39 is 5.41 Å². The molecular formula is C23H28N2O2. The van der Waals surface area contributed by atoms with Crippen LogP contribution in [0.25, 0.3) is 0 Å². The van der Waals surface area contributed by atoms with E-state index in [2.05, 4.69) is 11.4 Å². The average molecular weight is 364 g/mol. The van der Waals surface area contributed by atoms with Gasteiger partial charge in [-0.2, -0.15) is 0 Å². The van der Waals surface area contributed by atoms with E-state index >= 15 is 0 Å². The maximum Gasteiger partial charge on any atom is 0.243 e. The molecule has 0 radical (unpaired) electrons. The Kier molecular flexibility index (Phi) is 5.36. The molecule has 1 saturated carbocycles. The van der Waals surface area contributed by atoms with E-state index in [1.807, 2.05) is 57.2 Å². The van der Waals surface area contributed by atoms with E-state index in [0.717, 1.165) is 47.2 Å². The molecule has 0 unspecified atom stereocenters. The molecule has 0 heterocycles. The zero-order valence-electron chi connectivity index (χ0n) is 16.6. The Morgan fingerprint density at radius 2 is 1.78 bits per heavy atom. The summed E-state index contributed by atoms with van der Waals surface area (Å²) in [6.45, 7) is 6.10. The second kappa shape index (κ2) is 7.55. The van der Waals surface area contributed by atoms with Gasteiger partial charge in [-0.25, -0.2) is 0 Å². The molecule has 4 heteroatoms. The fourth-order valence-corrected chi connectivity index (χ4v) is 3.83. The van der Waals surface area contributed by atoms with Crippen molar-refractivity contribution in [3.05, 3.63) is 64.7 Å². The summed E-state index contributed by atoms with van der Waals surface area (Å²) in [7, 11) is 1.72. The second-order valence-corrected chi connectivity index (χ2v) is 7.76. The first-order valence-corrected chi connectivity index (χ1v) is 9.52. The minimum Gasteiger partial charge on any atom is -0.336 e. The van der Waals surface area contributed by atoms with Crippen LogP contribution < -0.4 is 5.32 Å². The van der Waals surface area contributed by atoms with Gasteiger partial charge in [0.15, 0.2) is 0 Å². The van der Waals surface area contributed by atoms with Crippen LogP contribution >= 0.6 is 0 Å². The minimum atomic E-state index is -0.472. The molecule has 0 aromatic heterocycles. The van der Waals surface area contributed by atoms with E-state index in [-0.39, 0.29) is 18.4 Å². The van der Waals surface area contributed by atoms with Gasteiger partial charge in [0, 0.05) is 12.7 Å². The molecule has 2 amide bonds. The number of carbonyl (C=O) groups is 2. The van der Waals surface area contributed by atoms with Crippen LogP contribution in [0.5, 0.6) is 0 Å². The lowest BCUT2D eigenvalue weighted by atomic mass is 9.63. The molecule has 2 aromatic rings. The molecule has 0 bridgehead atoms. The highest BCUT2D eigenvalue weighted by Crippen LogP contribution is 2.45. The van der Waals surface area contributed by atoms with Gasteiger partial charge in [0.2, 0.25) is 11.8 Å². The Bertz CT molecular complexity index is 868. The third-order valence-electron chi connectivity index (χ3n) is 5.79. The number of hydrogen-bond donors (Lipinski definition) is 1. The highest BCUT2D eigenvalue weighted by atomic mass is 16.2. The SMILES string of the molecule is Cc1cccc(C2(C(=O)N(C)CC(=O)Nc3cccc(C)c3C)CCC2)c1. The first-order chi connectivity index (χ1) is 12.8. The monoisotopic (exact) mass is 364 g/mol. The number of rotatable bonds is 5. The molecule has 1 fully saturated rings. The third-order valence-corrected chi connectivity index (χ3v) is 5.79. The van der Waals surface area contributed by atoms with E-state index in [1.165, 1.54) is 0 Å². The lowest BCUT2D eigenvalue weighted by molar-refractivity contribution is -0.141. The van der Waals surface area contributed by atoms with E-state index in [9.17, 15) is 9.59 Å². The molecule has 1 aliphatic rings. The zero-order chi connectivity index (χ0) is 19.6. The van der Waals surface area contributed by atoms with Gasteiger partial charge in [0.1, 0.15) is 0 Å². The summed E-state index contributed by atoms with van der Waals surface area (Å²) >= 11 is 0. The molecule has 0 saturated heterocycles. The number of likely N-dealkylation sites (N-methyl/N-ethyl adjacent to an activating group) is 1. The molecule has 0 aliphatic heterocycles. The Labute approximate surface area is 161 Å². The minimum absolute atomic E-state index is 0.0375. The summed E-state index contributed by atoms with van der Waals surface area (Å²) in [5, 5.41) is 2.94. The summed E-state index contributed by atoms with van der Waals surface area (Å²) in [4.78, 5) is 27.3. The Hall–Kier alpha value is -2.62. The van der Waals surface area contributed by atoms with Crippen LogP contribution in [0.4, 0.5) is 5.69 Å². The lowest BCUT2D eigenvalue weighted by Gasteiger charge is -2.43. The van der Waals surface area contributed by atoms with Crippen molar-refractivity contribution in [1.82, 2.24) is 4.90 Å². The van der Waals surface area contributed by atoms with E-state index in [1.54, 1.807) is 11.9 Å². The molecule has 0 spiro atoms. The smallest absolute Gasteiger partial charge is 0.243 e. The van der Waals surface area contributed by atoms with Crippen molar-refractivity contribution in [2.75, 3.05) is 18.9 Å². The fraction of sp³-hybridized carbons (Fsp3) is 0.391. The predicted octanol–water partition coefficient (Wildman–Crippen LogP) is 4.13. The van der Waals surface area contributed by atoms with Crippen LogP contribution in [-0.4, -0.2) is 30.3 Å². The van der Waals surface area contributed by atoms with Crippen LogP contribution in [0.3, 0.4) is 0 Å². The topological polar surface area (TPSA) is 49.4 Å². The predicted molar refractivity (Wildman–Crippen MR) is 109 cm³/mol. The maximum atomic E-state index is 13.2. The number of anilines is 1. The van der Waals surface area contributed by atoms with Gasteiger partial charge in [0.25, 0.3) is 0 Å². The summed E-state index contributed by atoms with van der Waals surface area (Å²) < 4.78 is 0. The molecule has 1 N–H and O–H groups in total. The first-order valence-electron chi connectivity index (χ1n) is 9.52. The Morgan fingerprint density at radius 3 is 2.41 bits per heavy atom. The molecule has 0 atom stereocenters. The number of carbonyl (C=O) groups excluding carboxylic acids is 2. The van der Waals surface area contributed by atoms with Crippen molar-refractivity contribution < 1.29 is 9.59 Å². The number of nitrogens with one attached hydrogen (secondary N) is 1. The maximum absolute atomic E-state index is 13.2. The van der Waals surface area contributed by atoms with Gasteiger partial charge in [-0.05, 0) is 56.4 Å². The van der Waals surface area contributed by atoms with Crippen molar-refractivity contribution in [2.45, 2.75) is 45.4 Å². The Morgan fingerprint density at radius 1 is 1.07 bits per heavy atom. The van der Waals surface area contributed by atoms with Crippen LogP contribution in [-0.2, 0) is 15.0 Å². The van der Waals surface area contributed by atoms with Crippen molar-refractivity contribution in [3.63, 3.8) is 0 Å². The normalized spacial score (nSPS) is 15.0. The average Bonchev–Trinajstić information content (AvgIpc) is 2.58. The van der Waals surface area contributed by atoms with E-state index in [0.29, 0.717) is 0 Å².